The quantitative estimate of drug-likeness (QED) is 0.459. The predicted octanol–water partition coefficient (Wildman–Crippen LogP) is 2.56. The first-order valence-corrected chi connectivity index (χ1v) is 10.8. The molecule has 2 aromatic carbocycles. The Hall–Kier alpha value is -1.62. The summed E-state index contributed by atoms with van der Waals surface area (Å²) in [6.45, 7) is -0.575. The van der Waals surface area contributed by atoms with E-state index in [0.29, 0.717) is 22.6 Å². The van der Waals surface area contributed by atoms with E-state index in [0.717, 1.165) is 15.0 Å². The van der Waals surface area contributed by atoms with E-state index in [-0.39, 0.29) is 5.82 Å². The molecule has 0 radical (unpaired) electrons. The second-order valence-corrected chi connectivity index (χ2v) is 9.09. The Labute approximate surface area is 187 Å². The van der Waals surface area contributed by atoms with E-state index in [4.69, 9.17) is 21.1 Å². The molecule has 0 saturated carbocycles. The van der Waals surface area contributed by atoms with Crippen LogP contribution in [0, 0.1) is 5.82 Å². The zero-order valence-electron chi connectivity index (χ0n) is 16.5. The van der Waals surface area contributed by atoms with Gasteiger partial charge in [0, 0.05) is 33.7 Å². The molecule has 4 N–H and O–H groups in total. The van der Waals surface area contributed by atoms with Gasteiger partial charge in [0.25, 0.3) is 0 Å². The van der Waals surface area contributed by atoms with E-state index < -0.39 is 36.8 Å². The first kappa shape index (κ1) is 22.6. The number of rotatable bonds is 5. The SMILES string of the molecule is CO[C@@]1(c2ccc(Cl)c(Cc3cc4cc(F)ccc4s3)c2)OC(CO)[C@@H](O)C(O)[C@H]1O. The fourth-order valence-corrected chi connectivity index (χ4v) is 5.19. The highest BCUT2D eigenvalue weighted by Crippen LogP contribution is 2.41. The molecule has 166 valence electrons. The molecule has 3 aromatic rings. The van der Waals surface area contributed by atoms with E-state index in [1.165, 1.54) is 30.6 Å². The van der Waals surface area contributed by atoms with Crippen LogP contribution in [0.4, 0.5) is 4.39 Å². The van der Waals surface area contributed by atoms with Crippen molar-refractivity contribution in [2.75, 3.05) is 13.7 Å². The minimum atomic E-state index is -1.81. The maximum absolute atomic E-state index is 13.5. The zero-order chi connectivity index (χ0) is 22.3. The van der Waals surface area contributed by atoms with Gasteiger partial charge in [0.1, 0.15) is 30.2 Å². The molecule has 1 fully saturated rings. The summed E-state index contributed by atoms with van der Waals surface area (Å²) >= 11 is 7.93. The highest BCUT2D eigenvalue weighted by atomic mass is 35.5. The molecule has 9 heteroatoms. The van der Waals surface area contributed by atoms with Gasteiger partial charge in [0.2, 0.25) is 5.79 Å². The van der Waals surface area contributed by atoms with Crippen molar-refractivity contribution in [3.63, 3.8) is 0 Å². The summed E-state index contributed by atoms with van der Waals surface area (Å²) in [5.41, 5.74) is 1.08. The van der Waals surface area contributed by atoms with Gasteiger partial charge >= 0.3 is 0 Å². The highest BCUT2D eigenvalue weighted by Gasteiger charge is 2.55. The van der Waals surface area contributed by atoms with Crippen molar-refractivity contribution in [3.05, 3.63) is 69.3 Å². The van der Waals surface area contributed by atoms with Crippen LogP contribution >= 0.6 is 22.9 Å². The molecule has 6 nitrogen and oxygen atoms in total. The molecule has 0 spiro atoms. The van der Waals surface area contributed by atoms with Gasteiger partial charge in [0.15, 0.2) is 0 Å². The van der Waals surface area contributed by atoms with Crippen LogP contribution in [0.2, 0.25) is 5.02 Å². The predicted molar refractivity (Wildman–Crippen MR) is 115 cm³/mol. The standard InChI is InChI=1S/C22H22ClFO6S/c1-29-22(21(28)20(27)19(26)17(10-25)30-22)13-2-4-16(23)11(6-13)8-15-9-12-7-14(24)3-5-18(12)31-15/h2-7,9,17,19-21,25-28H,8,10H2,1H3/t17?,19-,20?,21-,22+/m1/s1. The van der Waals surface area contributed by atoms with Gasteiger partial charge in [-0.25, -0.2) is 4.39 Å². The molecule has 1 saturated heterocycles. The minimum absolute atomic E-state index is 0.304. The van der Waals surface area contributed by atoms with E-state index in [1.54, 1.807) is 24.3 Å². The Morgan fingerprint density at radius 3 is 2.61 bits per heavy atom. The van der Waals surface area contributed by atoms with Crippen molar-refractivity contribution in [3.8, 4) is 0 Å². The smallest absolute Gasteiger partial charge is 0.224 e. The highest BCUT2D eigenvalue weighted by molar-refractivity contribution is 7.19. The van der Waals surface area contributed by atoms with Crippen LogP contribution in [-0.4, -0.2) is 58.6 Å². The Bertz CT molecular complexity index is 1090. The molecule has 0 bridgehead atoms. The monoisotopic (exact) mass is 468 g/mol. The van der Waals surface area contributed by atoms with E-state index in [1.807, 2.05) is 6.07 Å². The number of ether oxygens (including phenoxy) is 2. The molecular weight excluding hydrogens is 447 g/mol. The lowest BCUT2D eigenvalue weighted by molar-refractivity contribution is -0.366. The molecule has 0 aliphatic carbocycles. The number of benzene rings is 2. The number of halogens is 2. The van der Waals surface area contributed by atoms with Gasteiger partial charge < -0.3 is 29.9 Å². The molecule has 1 aliphatic rings. The summed E-state index contributed by atoms with van der Waals surface area (Å²) in [7, 11) is 1.30. The molecule has 0 amide bonds. The van der Waals surface area contributed by atoms with Gasteiger partial charge in [0.05, 0.1) is 6.61 Å². The van der Waals surface area contributed by atoms with Crippen LogP contribution in [-0.2, 0) is 21.7 Å². The third-order valence-electron chi connectivity index (χ3n) is 5.60. The second-order valence-electron chi connectivity index (χ2n) is 7.51. The number of thiophene rings is 1. The van der Waals surface area contributed by atoms with Crippen LogP contribution in [0.15, 0.2) is 42.5 Å². The van der Waals surface area contributed by atoms with Gasteiger partial charge in [-0.15, -0.1) is 11.3 Å². The number of fused-ring (bicyclic) bond motifs is 1. The molecule has 31 heavy (non-hydrogen) atoms. The van der Waals surface area contributed by atoms with Crippen molar-refractivity contribution in [1.82, 2.24) is 0 Å². The van der Waals surface area contributed by atoms with E-state index in [2.05, 4.69) is 0 Å². The normalized spacial score (nSPS) is 28.9. The third-order valence-corrected chi connectivity index (χ3v) is 7.08. The largest absolute Gasteiger partial charge is 0.394 e. The van der Waals surface area contributed by atoms with Gasteiger partial charge in [-0.1, -0.05) is 17.7 Å². The second kappa shape index (κ2) is 8.73. The average Bonchev–Trinajstić information content (AvgIpc) is 3.16. The number of aliphatic hydroxyl groups excluding tert-OH is 4. The third kappa shape index (κ3) is 3.99. The lowest BCUT2D eigenvalue weighted by Crippen LogP contribution is -2.64. The minimum Gasteiger partial charge on any atom is -0.394 e. The van der Waals surface area contributed by atoms with Gasteiger partial charge in [-0.2, -0.15) is 0 Å². The lowest BCUT2D eigenvalue weighted by atomic mass is 9.87. The maximum atomic E-state index is 13.5. The van der Waals surface area contributed by atoms with Gasteiger partial charge in [-0.3, -0.25) is 0 Å². The zero-order valence-corrected chi connectivity index (χ0v) is 18.1. The average molecular weight is 469 g/mol. The Morgan fingerprint density at radius 2 is 1.90 bits per heavy atom. The van der Waals surface area contributed by atoms with Crippen molar-refractivity contribution >= 4 is 33.0 Å². The number of hydrogen-bond acceptors (Lipinski definition) is 7. The van der Waals surface area contributed by atoms with Crippen LogP contribution < -0.4 is 0 Å². The van der Waals surface area contributed by atoms with Crippen LogP contribution in [0.3, 0.4) is 0 Å². The van der Waals surface area contributed by atoms with Crippen molar-refractivity contribution in [1.29, 1.82) is 0 Å². The number of aliphatic hydroxyl groups is 4. The van der Waals surface area contributed by atoms with E-state index in [9.17, 15) is 24.8 Å². The molecule has 2 heterocycles. The van der Waals surface area contributed by atoms with Crippen molar-refractivity contribution in [2.45, 2.75) is 36.6 Å². The first-order chi connectivity index (χ1) is 14.8. The number of hydrogen-bond donors (Lipinski definition) is 4. The van der Waals surface area contributed by atoms with Gasteiger partial charge in [-0.05, 0) is 47.3 Å². The Morgan fingerprint density at radius 1 is 1.13 bits per heavy atom. The molecule has 4 rings (SSSR count). The summed E-state index contributed by atoms with van der Waals surface area (Å²) in [6, 6.07) is 11.4. The first-order valence-electron chi connectivity index (χ1n) is 9.64. The summed E-state index contributed by atoms with van der Waals surface area (Å²) in [4.78, 5) is 0.958. The molecule has 1 aliphatic heterocycles. The lowest BCUT2D eigenvalue weighted by Gasteiger charge is -2.47. The Kier molecular flexibility index (Phi) is 6.35. The van der Waals surface area contributed by atoms with Crippen LogP contribution in [0.25, 0.3) is 10.1 Å². The summed E-state index contributed by atoms with van der Waals surface area (Å²) in [5.74, 6) is -2.11. The molecule has 5 atom stereocenters. The summed E-state index contributed by atoms with van der Waals surface area (Å²) < 4.78 is 25.7. The number of methoxy groups -OCH3 is 1. The fraction of sp³-hybridized carbons (Fsp3) is 0.364. The summed E-state index contributed by atoms with van der Waals surface area (Å²) in [5, 5.41) is 41.9. The molecular formula is C22H22ClFO6S. The topological polar surface area (TPSA) is 99.4 Å². The maximum Gasteiger partial charge on any atom is 0.224 e. The fourth-order valence-electron chi connectivity index (χ4n) is 3.94. The van der Waals surface area contributed by atoms with Crippen LogP contribution in [0.1, 0.15) is 16.0 Å². The molecule has 1 aromatic heterocycles. The van der Waals surface area contributed by atoms with Crippen LogP contribution in [0.5, 0.6) is 0 Å². The van der Waals surface area contributed by atoms with Crippen molar-refractivity contribution < 1.29 is 34.3 Å². The Balaban J connectivity index is 1.71. The van der Waals surface area contributed by atoms with Crippen molar-refractivity contribution in [2.24, 2.45) is 0 Å². The van der Waals surface area contributed by atoms with E-state index >= 15 is 0 Å². The molecule has 2 unspecified atom stereocenters. The summed E-state index contributed by atoms with van der Waals surface area (Å²) in [6.07, 6.45) is -5.40.